The van der Waals surface area contributed by atoms with Gasteiger partial charge in [0.05, 0.1) is 0 Å². The van der Waals surface area contributed by atoms with Gasteiger partial charge in [0.15, 0.2) is 11.5 Å². The first-order chi connectivity index (χ1) is 8.61. The number of piperazine rings is 1. The van der Waals surface area contributed by atoms with Gasteiger partial charge in [-0.15, -0.1) is 0 Å². The van der Waals surface area contributed by atoms with Crippen molar-refractivity contribution in [2.24, 2.45) is 0 Å². The first-order valence-electron chi connectivity index (χ1n) is 6.10. The number of aromatic nitrogens is 1. The Balaban J connectivity index is 2.09. The molecule has 0 spiro atoms. The molecule has 2 rings (SSSR count). The van der Waals surface area contributed by atoms with Gasteiger partial charge in [0.2, 0.25) is 0 Å². The van der Waals surface area contributed by atoms with Crippen molar-refractivity contribution in [2.75, 3.05) is 20.2 Å². The Morgan fingerprint density at radius 2 is 2.44 bits per heavy atom. The Hall–Kier alpha value is -1.40. The largest absolute Gasteiger partial charge is 0.377 e. The fraction of sp³-hybridized carbons (Fsp3) is 0.667. The van der Waals surface area contributed by atoms with Gasteiger partial charge < -0.3 is 19.5 Å². The summed E-state index contributed by atoms with van der Waals surface area (Å²) in [5, 5.41) is 7.14. The summed E-state index contributed by atoms with van der Waals surface area (Å²) >= 11 is 0. The van der Waals surface area contributed by atoms with Crippen LogP contribution in [0.5, 0.6) is 0 Å². The molecule has 6 heteroatoms. The highest BCUT2D eigenvalue weighted by Crippen LogP contribution is 2.13. The molecule has 0 saturated carbocycles. The van der Waals surface area contributed by atoms with Crippen LogP contribution in [0.3, 0.4) is 0 Å². The van der Waals surface area contributed by atoms with Crippen LogP contribution >= 0.6 is 0 Å². The Morgan fingerprint density at radius 1 is 1.67 bits per heavy atom. The van der Waals surface area contributed by atoms with E-state index in [-0.39, 0.29) is 11.9 Å². The smallest absolute Gasteiger partial charge is 0.276 e. The lowest BCUT2D eigenvalue weighted by atomic mass is 10.1. The number of nitrogens with one attached hydrogen (secondary N) is 1. The summed E-state index contributed by atoms with van der Waals surface area (Å²) in [6, 6.07) is 2.11. The summed E-state index contributed by atoms with van der Waals surface area (Å²) < 4.78 is 9.98. The van der Waals surface area contributed by atoms with Crippen molar-refractivity contribution in [3.05, 3.63) is 17.5 Å². The van der Waals surface area contributed by atoms with Crippen LogP contribution in [0.2, 0.25) is 0 Å². The summed E-state index contributed by atoms with van der Waals surface area (Å²) in [4.78, 5) is 14.1. The Morgan fingerprint density at radius 3 is 3.17 bits per heavy atom. The fourth-order valence-electron chi connectivity index (χ4n) is 2.08. The van der Waals surface area contributed by atoms with Crippen molar-refractivity contribution in [3.63, 3.8) is 0 Å². The first-order valence-corrected chi connectivity index (χ1v) is 6.10. The third-order valence-corrected chi connectivity index (χ3v) is 3.09. The van der Waals surface area contributed by atoms with Crippen LogP contribution in [0, 0.1) is 0 Å². The van der Waals surface area contributed by atoms with Crippen molar-refractivity contribution >= 4 is 5.91 Å². The minimum atomic E-state index is -0.0815. The van der Waals surface area contributed by atoms with E-state index < -0.39 is 0 Å². The maximum Gasteiger partial charge on any atom is 0.276 e. The predicted octanol–water partition coefficient (Wildman–Crippen LogP) is 0.643. The van der Waals surface area contributed by atoms with Gasteiger partial charge in [-0.3, -0.25) is 4.79 Å². The third-order valence-electron chi connectivity index (χ3n) is 3.09. The van der Waals surface area contributed by atoms with Gasteiger partial charge in [0.25, 0.3) is 5.91 Å². The molecule has 0 radical (unpaired) electrons. The molecule has 1 aliphatic heterocycles. The van der Waals surface area contributed by atoms with Crippen LogP contribution in [0.4, 0.5) is 0 Å². The monoisotopic (exact) mass is 253 g/mol. The molecule has 2 atom stereocenters. The summed E-state index contributed by atoms with van der Waals surface area (Å²) in [7, 11) is 1.57. The number of hydrogen-bond donors (Lipinski definition) is 1. The van der Waals surface area contributed by atoms with Crippen molar-refractivity contribution < 1.29 is 14.1 Å². The van der Waals surface area contributed by atoms with Crippen LogP contribution in [-0.2, 0) is 11.3 Å². The van der Waals surface area contributed by atoms with Gasteiger partial charge in [-0.1, -0.05) is 5.16 Å². The molecule has 1 N–H and O–H groups in total. The average molecular weight is 253 g/mol. The van der Waals surface area contributed by atoms with Crippen LogP contribution in [0.15, 0.2) is 10.6 Å². The van der Waals surface area contributed by atoms with E-state index in [0.717, 1.165) is 6.54 Å². The molecule has 1 fully saturated rings. The number of rotatable bonds is 3. The molecular weight excluding hydrogens is 234 g/mol. The second kappa shape index (κ2) is 5.49. The molecule has 1 aliphatic rings. The van der Waals surface area contributed by atoms with Gasteiger partial charge in [-0.05, 0) is 13.8 Å². The summed E-state index contributed by atoms with van der Waals surface area (Å²) in [6.45, 7) is 5.90. The SMILES string of the molecule is COCc1cc(C(=O)N2CC(C)NCC2C)no1. The molecule has 0 bridgehead atoms. The highest BCUT2D eigenvalue weighted by molar-refractivity contribution is 5.92. The molecular formula is C12H19N3O3. The Bertz CT molecular complexity index is 418. The number of hydrogen-bond acceptors (Lipinski definition) is 5. The summed E-state index contributed by atoms with van der Waals surface area (Å²) in [5.41, 5.74) is 0.350. The molecule has 6 nitrogen and oxygen atoms in total. The van der Waals surface area contributed by atoms with Crippen LogP contribution in [0.25, 0.3) is 0 Å². The topological polar surface area (TPSA) is 67.6 Å². The van der Waals surface area contributed by atoms with Crippen molar-refractivity contribution in [1.29, 1.82) is 0 Å². The number of carbonyl (C=O) groups excluding carboxylic acids is 1. The number of carbonyl (C=O) groups is 1. The number of methoxy groups -OCH3 is 1. The minimum absolute atomic E-state index is 0.0815. The lowest BCUT2D eigenvalue weighted by Gasteiger charge is -2.37. The third kappa shape index (κ3) is 2.70. The molecule has 0 aromatic carbocycles. The van der Waals surface area contributed by atoms with Crippen molar-refractivity contribution in [1.82, 2.24) is 15.4 Å². The van der Waals surface area contributed by atoms with Gasteiger partial charge in [-0.25, -0.2) is 0 Å². The van der Waals surface area contributed by atoms with E-state index in [4.69, 9.17) is 9.26 Å². The molecule has 1 aromatic rings. The molecule has 100 valence electrons. The van der Waals surface area contributed by atoms with Gasteiger partial charge in [0.1, 0.15) is 6.61 Å². The zero-order valence-corrected chi connectivity index (χ0v) is 11.0. The van der Waals surface area contributed by atoms with E-state index in [1.165, 1.54) is 0 Å². The average Bonchev–Trinajstić information content (AvgIpc) is 2.80. The van der Waals surface area contributed by atoms with E-state index in [1.54, 1.807) is 13.2 Å². The number of amides is 1. The van der Waals surface area contributed by atoms with Gasteiger partial charge in [-0.2, -0.15) is 0 Å². The first kappa shape index (κ1) is 13.0. The molecule has 1 aromatic heterocycles. The Labute approximate surface area is 106 Å². The van der Waals surface area contributed by atoms with Crippen LogP contribution in [0.1, 0.15) is 30.1 Å². The number of ether oxygens (including phenoxy) is 1. The highest BCUT2D eigenvalue weighted by Gasteiger charge is 2.29. The van der Waals surface area contributed by atoms with Crippen molar-refractivity contribution in [2.45, 2.75) is 32.5 Å². The molecule has 2 unspecified atom stereocenters. The fourth-order valence-corrected chi connectivity index (χ4v) is 2.08. The highest BCUT2D eigenvalue weighted by atomic mass is 16.5. The maximum absolute atomic E-state index is 12.3. The summed E-state index contributed by atoms with van der Waals surface area (Å²) in [5.74, 6) is 0.485. The predicted molar refractivity (Wildman–Crippen MR) is 65.2 cm³/mol. The van der Waals surface area contributed by atoms with E-state index in [1.807, 2.05) is 11.8 Å². The van der Waals surface area contributed by atoms with E-state index in [9.17, 15) is 4.79 Å². The zero-order chi connectivity index (χ0) is 13.1. The second-order valence-corrected chi connectivity index (χ2v) is 4.73. The lowest BCUT2D eigenvalue weighted by molar-refractivity contribution is 0.0605. The maximum atomic E-state index is 12.3. The van der Waals surface area contributed by atoms with E-state index in [0.29, 0.717) is 30.6 Å². The molecule has 2 heterocycles. The van der Waals surface area contributed by atoms with Crippen LogP contribution < -0.4 is 5.32 Å². The van der Waals surface area contributed by atoms with E-state index >= 15 is 0 Å². The minimum Gasteiger partial charge on any atom is -0.377 e. The molecule has 18 heavy (non-hydrogen) atoms. The van der Waals surface area contributed by atoms with E-state index in [2.05, 4.69) is 17.4 Å². The summed E-state index contributed by atoms with van der Waals surface area (Å²) in [6.07, 6.45) is 0. The molecule has 1 saturated heterocycles. The van der Waals surface area contributed by atoms with Gasteiger partial charge in [0, 0.05) is 38.3 Å². The standard InChI is InChI=1S/C12H19N3O3/c1-8-6-15(9(2)5-13-8)12(16)11-4-10(7-17-3)18-14-11/h4,8-9,13H,5-7H2,1-3H3. The molecule has 1 amide bonds. The zero-order valence-electron chi connectivity index (χ0n) is 11.0. The quantitative estimate of drug-likeness (QED) is 0.856. The second-order valence-electron chi connectivity index (χ2n) is 4.73. The Kier molecular flexibility index (Phi) is 3.98. The normalized spacial score (nSPS) is 24.3. The number of nitrogens with zero attached hydrogens (tertiary/aromatic N) is 2. The molecule has 0 aliphatic carbocycles. The van der Waals surface area contributed by atoms with Crippen LogP contribution in [-0.4, -0.2) is 48.2 Å². The van der Waals surface area contributed by atoms with Crippen molar-refractivity contribution in [3.8, 4) is 0 Å². The van der Waals surface area contributed by atoms with Gasteiger partial charge >= 0.3 is 0 Å². The lowest BCUT2D eigenvalue weighted by Crippen LogP contribution is -2.56.